The molecule has 156 valence electrons. The van der Waals surface area contributed by atoms with Crippen molar-refractivity contribution in [2.45, 2.75) is 0 Å². The molecule has 1 aliphatic heterocycles. The minimum atomic E-state index is -0.428. The first-order valence-corrected chi connectivity index (χ1v) is 9.70. The lowest BCUT2D eigenvalue weighted by molar-refractivity contribution is 0.0954. The lowest BCUT2D eigenvalue weighted by Crippen LogP contribution is -2.19. The van der Waals surface area contributed by atoms with E-state index in [0.29, 0.717) is 52.2 Å². The summed E-state index contributed by atoms with van der Waals surface area (Å²) in [5.41, 5.74) is 4.16. The van der Waals surface area contributed by atoms with Gasteiger partial charge in [-0.15, -0.1) is 5.11 Å². The van der Waals surface area contributed by atoms with Crippen molar-refractivity contribution in [2.24, 2.45) is 15.3 Å². The van der Waals surface area contributed by atoms with Gasteiger partial charge in [0.1, 0.15) is 24.7 Å². The molecule has 0 saturated carbocycles. The molecule has 2 N–H and O–H groups in total. The Morgan fingerprint density at radius 2 is 1.81 bits per heavy atom. The summed E-state index contributed by atoms with van der Waals surface area (Å²) >= 11 is 6.06. The Morgan fingerprint density at radius 1 is 1.00 bits per heavy atom. The minimum absolute atomic E-state index is 0.0194. The maximum Gasteiger partial charge on any atom is 0.271 e. The van der Waals surface area contributed by atoms with Crippen molar-refractivity contribution in [3.8, 4) is 17.2 Å². The van der Waals surface area contributed by atoms with Gasteiger partial charge in [-0.2, -0.15) is 10.2 Å². The fraction of sp³-hybridized carbons (Fsp3) is 0.0909. The zero-order valence-corrected chi connectivity index (χ0v) is 16.9. The van der Waals surface area contributed by atoms with Crippen LogP contribution in [0.15, 0.2) is 76.0 Å². The molecule has 3 aromatic rings. The highest BCUT2D eigenvalue weighted by Crippen LogP contribution is 2.31. The number of hydrazone groups is 1. The highest BCUT2D eigenvalue weighted by molar-refractivity contribution is 6.32. The van der Waals surface area contributed by atoms with Crippen molar-refractivity contribution in [3.05, 3.63) is 76.8 Å². The predicted molar refractivity (Wildman–Crippen MR) is 116 cm³/mol. The van der Waals surface area contributed by atoms with Crippen molar-refractivity contribution in [2.75, 3.05) is 13.2 Å². The van der Waals surface area contributed by atoms with E-state index in [4.69, 9.17) is 21.1 Å². The number of hydrogen-bond acceptors (Lipinski definition) is 7. The number of phenolic OH excluding ortho intramolecular Hbond substituents is 1. The van der Waals surface area contributed by atoms with Gasteiger partial charge in [-0.05, 0) is 48.5 Å². The van der Waals surface area contributed by atoms with Crippen molar-refractivity contribution in [3.63, 3.8) is 0 Å². The lowest BCUT2D eigenvalue weighted by Gasteiger charge is -2.18. The number of amides is 1. The van der Waals surface area contributed by atoms with Crippen LogP contribution in [0.4, 0.5) is 11.4 Å². The van der Waals surface area contributed by atoms with Gasteiger partial charge in [-0.3, -0.25) is 4.79 Å². The highest BCUT2D eigenvalue weighted by atomic mass is 35.5. The first kappa shape index (κ1) is 20.4. The third-order valence-electron chi connectivity index (χ3n) is 4.31. The molecule has 1 amide bonds. The number of halogens is 1. The highest BCUT2D eigenvalue weighted by Gasteiger charge is 2.14. The molecule has 8 nitrogen and oxygen atoms in total. The molecule has 0 saturated heterocycles. The molecular formula is C22H17ClN4O4. The Morgan fingerprint density at radius 3 is 2.65 bits per heavy atom. The largest absolute Gasteiger partial charge is 0.507 e. The van der Waals surface area contributed by atoms with E-state index in [1.807, 2.05) is 0 Å². The summed E-state index contributed by atoms with van der Waals surface area (Å²) in [5, 5.41) is 22.7. The topological polar surface area (TPSA) is 105 Å². The van der Waals surface area contributed by atoms with E-state index >= 15 is 0 Å². The molecule has 0 spiro atoms. The van der Waals surface area contributed by atoms with Crippen LogP contribution in [0.3, 0.4) is 0 Å². The van der Waals surface area contributed by atoms with Crippen LogP contribution in [-0.2, 0) is 0 Å². The van der Waals surface area contributed by atoms with E-state index in [9.17, 15) is 9.90 Å². The van der Waals surface area contributed by atoms with Crippen molar-refractivity contribution >= 4 is 35.1 Å². The second-order valence-electron chi connectivity index (χ2n) is 6.45. The molecule has 0 bridgehead atoms. The Labute approximate surface area is 182 Å². The Hall–Kier alpha value is -3.91. The number of ether oxygens (including phenoxy) is 2. The van der Waals surface area contributed by atoms with E-state index in [-0.39, 0.29) is 5.75 Å². The zero-order valence-electron chi connectivity index (χ0n) is 16.2. The molecule has 1 heterocycles. The normalized spacial score (nSPS) is 12.9. The molecule has 3 aromatic carbocycles. The molecule has 0 fully saturated rings. The smallest absolute Gasteiger partial charge is 0.271 e. The van der Waals surface area contributed by atoms with E-state index in [1.54, 1.807) is 54.6 Å². The number of carbonyl (C=O) groups excluding carboxylic acids is 1. The number of benzene rings is 3. The average molecular weight is 437 g/mol. The van der Waals surface area contributed by atoms with Gasteiger partial charge < -0.3 is 14.6 Å². The third-order valence-corrected chi connectivity index (χ3v) is 4.63. The molecule has 4 rings (SSSR count). The first-order chi connectivity index (χ1) is 15.1. The lowest BCUT2D eigenvalue weighted by atomic mass is 10.2. The van der Waals surface area contributed by atoms with Crippen LogP contribution in [0.2, 0.25) is 5.02 Å². The summed E-state index contributed by atoms with van der Waals surface area (Å²) in [6.45, 7) is 0.906. The summed E-state index contributed by atoms with van der Waals surface area (Å²) in [6.07, 6.45) is 1.32. The molecule has 0 aromatic heterocycles. The number of hydrogen-bond donors (Lipinski definition) is 2. The van der Waals surface area contributed by atoms with Crippen molar-refractivity contribution in [1.29, 1.82) is 0 Å². The molecule has 1 aliphatic rings. The third kappa shape index (κ3) is 4.99. The van der Waals surface area contributed by atoms with Crippen LogP contribution in [-0.4, -0.2) is 30.4 Å². The number of fused-ring (bicyclic) bond motifs is 1. The summed E-state index contributed by atoms with van der Waals surface area (Å²) in [4.78, 5) is 12.3. The Balaban J connectivity index is 1.44. The monoisotopic (exact) mass is 436 g/mol. The predicted octanol–water partition coefficient (Wildman–Crippen LogP) is 5.00. The minimum Gasteiger partial charge on any atom is -0.507 e. The molecule has 0 atom stereocenters. The number of azo groups is 1. The number of aromatic hydroxyl groups is 1. The van der Waals surface area contributed by atoms with Gasteiger partial charge in [0.25, 0.3) is 5.91 Å². The molecule has 0 aliphatic carbocycles. The number of nitrogens with zero attached hydrogens (tertiary/aromatic N) is 3. The molecular weight excluding hydrogens is 420 g/mol. The molecule has 9 heteroatoms. The summed E-state index contributed by atoms with van der Waals surface area (Å²) in [7, 11) is 0. The van der Waals surface area contributed by atoms with Gasteiger partial charge in [0.05, 0.1) is 16.9 Å². The quantitative estimate of drug-likeness (QED) is 0.333. The van der Waals surface area contributed by atoms with E-state index < -0.39 is 5.91 Å². The number of rotatable bonds is 5. The van der Waals surface area contributed by atoms with Crippen LogP contribution in [0.1, 0.15) is 15.9 Å². The SMILES string of the molecule is O=C(N/N=C\c1cc(N=Nc2ccccc2Cl)ccc1O)c1ccc2c(c1)OCCO2. The van der Waals surface area contributed by atoms with Gasteiger partial charge in [-0.25, -0.2) is 5.43 Å². The first-order valence-electron chi connectivity index (χ1n) is 9.32. The van der Waals surface area contributed by atoms with Crippen LogP contribution in [0.25, 0.3) is 0 Å². The Kier molecular flexibility index (Phi) is 6.09. The van der Waals surface area contributed by atoms with E-state index in [0.717, 1.165) is 0 Å². The molecule has 0 radical (unpaired) electrons. The fourth-order valence-electron chi connectivity index (χ4n) is 2.76. The summed E-state index contributed by atoms with van der Waals surface area (Å²) in [6, 6.07) is 16.6. The van der Waals surface area contributed by atoms with Crippen LogP contribution in [0.5, 0.6) is 17.2 Å². The standard InChI is InChI=1S/C22H17ClN4O4/c23-17-3-1-2-4-18(17)26-25-16-6-7-19(28)15(11-16)13-24-27-22(29)14-5-8-20-21(12-14)31-10-9-30-20/h1-8,11-13,28H,9-10H2,(H,27,29)/b24-13-,26-25?. The van der Waals surface area contributed by atoms with Gasteiger partial charge in [0, 0.05) is 11.1 Å². The van der Waals surface area contributed by atoms with Gasteiger partial charge in [-0.1, -0.05) is 23.7 Å². The number of nitrogens with one attached hydrogen (secondary N) is 1. The van der Waals surface area contributed by atoms with Crippen LogP contribution < -0.4 is 14.9 Å². The van der Waals surface area contributed by atoms with Gasteiger partial charge in [0.15, 0.2) is 11.5 Å². The Bertz CT molecular complexity index is 1180. The zero-order chi connectivity index (χ0) is 21.6. The maximum absolute atomic E-state index is 12.3. The maximum atomic E-state index is 12.3. The van der Waals surface area contributed by atoms with Gasteiger partial charge >= 0.3 is 0 Å². The summed E-state index contributed by atoms with van der Waals surface area (Å²) < 4.78 is 10.9. The second kappa shape index (κ2) is 9.27. The van der Waals surface area contributed by atoms with Crippen LogP contribution >= 0.6 is 11.6 Å². The second-order valence-corrected chi connectivity index (χ2v) is 6.86. The average Bonchev–Trinajstić information content (AvgIpc) is 2.80. The van der Waals surface area contributed by atoms with E-state index in [2.05, 4.69) is 20.8 Å². The van der Waals surface area contributed by atoms with Crippen LogP contribution in [0, 0.1) is 0 Å². The van der Waals surface area contributed by atoms with E-state index in [1.165, 1.54) is 12.3 Å². The summed E-state index contributed by atoms with van der Waals surface area (Å²) in [5.74, 6) is 0.660. The van der Waals surface area contributed by atoms with Crippen molar-refractivity contribution < 1.29 is 19.4 Å². The molecule has 31 heavy (non-hydrogen) atoms. The molecule has 0 unspecified atom stereocenters. The number of phenols is 1. The fourth-order valence-corrected chi connectivity index (χ4v) is 2.94. The number of carbonyl (C=O) groups is 1. The van der Waals surface area contributed by atoms with Gasteiger partial charge in [0.2, 0.25) is 0 Å². The van der Waals surface area contributed by atoms with Crippen molar-refractivity contribution in [1.82, 2.24) is 5.43 Å².